The maximum atomic E-state index is 14.0. The van der Waals surface area contributed by atoms with Crippen molar-refractivity contribution in [1.82, 2.24) is 4.90 Å². The van der Waals surface area contributed by atoms with Crippen molar-refractivity contribution in [2.75, 3.05) is 25.2 Å². The summed E-state index contributed by atoms with van der Waals surface area (Å²) < 4.78 is 69.4. The lowest BCUT2D eigenvalue weighted by molar-refractivity contribution is -0.136. The zero-order valence-corrected chi connectivity index (χ0v) is 18.3. The van der Waals surface area contributed by atoms with Crippen molar-refractivity contribution in [2.24, 2.45) is 11.7 Å². The van der Waals surface area contributed by atoms with Gasteiger partial charge in [-0.1, -0.05) is 0 Å². The van der Waals surface area contributed by atoms with Crippen LogP contribution in [-0.4, -0.2) is 62.6 Å². The van der Waals surface area contributed by atoms with E-state index in [4.69, 9.17) is 10.5 Å². The predicted molar refractivity (Wildman–Crippen MR) is 110 cm³/mol. The molecule has 31 heavy (non-hydrogen) atoms. The number of nitrogens with two attached hydrogens (primary N) is 1. The monoisotopic (exact) mass is 462 g/mol. The summed E-state index contributed by atoms with van der Waals surface area (Å²) in [6, 6.07) is 0.872. The molecule has 3 rings (SSSR count). The number of carbonyl (C=O) groups is 1. The van der Waals surface area contributed by atoms with Crippen LogP contribution in [0.5, 0.6) is 0 Å². The van der Waals surface area contributed by atoms with E-state index in [1.54, 1.807) is 4.90 Å². The van der Waals surface area contributed by atoms with Crippen molar-refractivity contribution >= 4 is 15.7 Å². The molecule has 2 saturated heterocycles. The van der Waals surface area contributed by atoms with Gasteiger partial charge in [-0.05, 0) is 49.7 Å². The molecule has 2 heterocycles. The van der Waals surface area contributed by atoms with Gasteiger partial charge in [0.15, 0.2) is 21.5 Å². The number of benzene rings is 1. The third-order valence-corrected chi connectivity index (χ3v) is 8.05. The van der Waals surface area contributed by atoms with Gasteiger partial charge in [0, 0.05) is 37.7 Å². The smallest absolute Gasteiger partial charge is 0.224 e. The van der Waals surface area contributed by atoms with Gasteiger partial charge in [0.05, 0.1) is 18.1 Å². The molecular formula is C21H29F3N2O4S. The van der Waals surface area contributed by atoms with Crippen LogP contribution < -0.4 is 5.73 Å². The number of ether oxygens (including phenoxy) is 1. The van der Waals surface area contributed by atoms with E-state index in [0.717, 1.165) is 18.9 Å². The van der Waals surface area contributed by atoms with Gasteiger partial charge < -0.3 is 15.4 Å². The third kappa shape index (κ3) is 5.78. The summed E-state index contributed by atoms with van der Waals surface area (Å²) in [5, 5.41) is 0. The quantitative estimate of drug-likeness (QED) is 0.569. The fourth-order valence-corrected chi connectivity index (χ4v) is 5.91. The van der Waals surface area contributed by atoms with Gasteiger partial charge in [-0.25, -0.2) is 21.6 Å². The summed E-state index contributed by atoms with van der Waals surface area (Å²) in [6.07, 6.45) is 2.91. The zero-order chi connectivity index (χ0) is 22.8. The standard InChI is InChI=1S/C21H29F3N2O4S/c1-30-5-7-31(28,29)6-4-21(27)26-15-2-3-16(26)9-14(8-15)20(25)11-13-10-18(23)19(24)12-17(13)22/h10,12,14-16,20H,2-9,11,25H2,1H3/t14?,15-,16+,20?. The molecule has 174 valence electrons. The highest BCUT2D eigenvalue weighted by molar-refractivity contribution is 7.91. The second-order valence-corrected chi connectivity index (χ2v) is 10.8. The number of halogens is 3. The minimum absolute atomic E-state index is 0.0134. The van der Waals surface area contributed by atoms with Crippen molar-refractivity contribution in [3.63, 3.8) is 0 Å². The second-order valence-electron chi connectivity index (χ2n) is 8.54. The van der Waals surface area contributed by atoms with E-state index in [0.29, 0.717) is 18.9 Å². The first kappa shape index (κ1) is 24.0. The van der Waals surface area contributed by atoms with Crippen LogP contribution in [0.1, 0.15) is 37.7 Å². The molecule has 10 heteroatoms. The lowest BCUT2D eigenvalue weighted by atomic mass is 9.82. The molecule has 2 aliphatic heterocycles. The summed E-state index contributed by atoms with van der Waals surface area (Å²) in [7, 11) is -1.92. The summed E-state index contributed by atoms with van der Waals surface area (Å²) in [5.41, 5.74) is 6.34. The fraction of sp³-hybridized carbons (Fsp3) is 0.667. The number of hydrogen-bond acceptors (Lipinski definition) is 5. The fourth-order valence-electron chi connectivity index (χ4n) is 4.80. The molecule has 2 N–H and O–H groups in total. The number of sulfone groups is 1. The van der Waals surface area contributed by atoms with Crippen molar-refractivity contribution in [3.05, 3.63) is 35.1 Å². The van der Waals surface area contributed by atoms with Gasteiger partial charge in [-0.3, -0.25) is 4.79 Å². The highest BCUT2D eigenvalue weighted by atomic mass is 32.2. The number of fused-ring (bicyclic) bond motifs is 2. The van der Waals surface area contributed by atoms with Crippen LogP contribution in [0.15, 0.2) is 12.1 Å². The molecule has 2 fully saturated rings. The molecule has 0 saturated carbocycles. The molecule has 0 aliphatic carbocycles. The average Bonchev–Trinajstić information content (AvgIpc) is 2.98. The van der Waals surface area contributed by atoms with Crippen LogP contribution in [0.3, 0.4) is 0 Å². The van der Waals surface area contributed by atoms with Gasteiger partial charge in [-0.15, -0.1) is 0 Å². The molecule has 1 aromatic carbocycles. The summed E-state index contributed by atoms with van der Waals surface area (Å²) >= 11 is 0. The molecule has 1 aromatic rings. The third-order valence-electron chi connectivity index (χ3n) is 6.43. The normalized spacial score (nSPS) is 24.4. The van der Waals surface area contributed by atoms with Crippen molar-refractivity contribution < 1.29 is 31.1 Å². The molecule has 0 radical (unpaired) electrons. The first-order valence-corrected chi connectivity index (χ1v) is 12.3. The minimum atomic E-state index is -3.35. The van der Waals surface area contributed by atoms with E-state index in [9.17, 15) is 26.4 Å². The van der Waals surface area contributed by atoms with Crippen LogP contribution in [0, 0.1) is 23.4 Å². The average molecular weight is 463 g/mol. The molecule has 2 bridgehead atoms. The number of nitrogens with zero attached hydrogens (tertiary/aromatic N) is 1. The molecule has 0 spiro atoms. The molecule has 1 amide bonds. The van der Waals surface area contributed by atoms with E-state index >= 15 is 0 Å². The Balaban J connectivity index is 1.58. The summed E-state index contributed by atoms with van der Waals surface area (Å²) in [5.74, 6) is -3.63. The number of hydrogen-bond donors (Lipinski definition) is 1. The molecule has 0 aromatic heterocycles. The maximum absolute atomic E-state index is 14.0. The Morgan fingerprint density at radius 2 is 1.74 bits per heavy atom. The van der Waals surface area contributed by atoms with Crippen molar-refractivity contribution in [1.29, 1.82) is 0 Å². The lowest BCUT2D eigenvalue weighted by Crippen LogP contribution is -2.50. The minimum Gasteiger partial charge on any atom is -0.384 e. The van der Waals surface area contributed by atoms with Crippen LogP contribution in [0.4, 0.5) is 13.2 Å². The molecular weight excluding hydrogens is 433 g/mol. The molecule has 2 unspecified atom stereocenters. The number of rotatable bonds is 9. The van der Waals surface area contributed by atoms with Gasteiger partial charge in [0.25, 0.3) is 0 Å². The maximum Gasteiger partial charge on any atom is 0.224 e. The van der Waals surface area contributed by atoms with E-state index in [1.165, 1.54) is 7.11 Å². The number of methoxy groups -OCH3 is 1. The van der Waals surface area contributed by atoms with E-state index < -0.39 is 33.3 Å². The highest BCUT2D eigenvalue weighted by Crippen LogP contribution is 2.40. The SMILES string of the molecule is COCCS(=O)(=O)CCC(=O)N1[C@@H]2CC[C@H]1CC(C(N)Cc1cc(F)c(F)cc1F)C2. The van der Waals surface area contributed by atoms with Crippen molar-refractivity contribution in [2.45, 2.75) is 56.7 Å². The first-order chi connectivity index (χ1) is 14.6. The van der Waals surface area contributed by atoms with E-state index in [1.807, 2.05) is 0 Å². The predicted octanol–water partition coefficient (Wildman–Crippen LogP) is 2.19. The Hall–Kier alpha value is -1.65. The Bertz CT molecular complexity index is 898. The van der Waals surface area contributed by atoms with Crippen molar-refractivity contribution in [3.8, 4) is 0 Å². The first-order valence-electron chi connectivity index (χ1n) is 10.5. The summed E-state index contributed by atoms with van der Waals surface area (Å²) in [6.45, 7) is 0.101. The number of piperidine rings is 1. The summed E-state index contributed by atoms with van der Waals surface area (Å²) in [4.78, 5) is 14.5. The molecule has 6 nitrogen and oxygen atoms in total. The molecule has 2 aliphatic rings. The van der Waals surface area contributed by atoms with Crippen LogP contribution in [0.2, 0.25) is 0 Å². The van der Waals surface area contributed by atoms with Gasteiger partial charge in [0.2, 0.25) is 5.91 Å². The van der Waals surface area contributed by atoms with Crippen LogP contribution in [0.25, 0.3) is 0 Å². The van der Waals surface area contributed by atoms with Crippen LogP contribution in [-0.2, 0) is 25.8 Å². The Kier molecular flexibility index (Phi) is 7.64. The largest absolute Gasteiger partial charge is 0.384 e. The highest BCUT2D eigenvalue weighted by Gasteiger charge is 2.44. The van der Waals surface area contributed by atoms with E-state index in [2.05, 4.69) is 0 Å². The Labute approximate surface area is 180 Å². The van der Waals surface area contributed by atoms with Crippen LogP contribution >= 0.6 is 0 Å². The van der Waals surface area contributed by atoms with E-state index in [-0.39, 0.29) is 60.4 Å². The number of amides is 1. The zero-order valence-electron chi connectivity index (χ0n) is 17.5. The Morgan fingerprint density at radius 1 is 1.13 bits per heavy atom. The molecule has 4 atom stereocenters. The lowest BCUT2D eigenvalue weighted by Gasteiger charge is -2.41. The second kappa shape index (κ2) is 9.87. The van der Waals surface area contributed by atoms with Gasteiger partial charge in [0.1, 0.15) is 5.82 Å². The number of carbonyl (C=O) groups excluding carboxylic acids is 1. The Morgan fingerprint density at radius 3 is 2.35 bits per heavy atom. The topological polar surface area (TPSA) is 89.7 Å². The van der Waals surface area contributed by atoms with Gasteiger partial charge >= 0.3 is 0 Å². The van der Waals surface area contributed by atoms with Gasteiger partial charge in [-0.2, -0.15) is 0 Å².